The predicted molar refractivity (Wildman–Crippen MR) is 128 cm³/mol. The first-order valence-electron chi connectivity index (χ1n) is 10.7. The maximum atomic E-state index is 9.70. The molecule has 0 spiro atoms. The highest BCUT2D eigenvalue weighted by Crippen LogP contribution is 2.38. The Morgan fingerprint density at radius 1 is 1.41 bits per heavy atom. The molecule has 0 aliphatic carbocycles. The lowest BCUT2D eigenvalue weighted by molar-refractivity contribution is 0.0358. The molecular weight excluding hydrogens is 446 g/mol. The molecule has 0 radical (unpaired) electrons. The maximum Gasteiger partial charge on any atom is 0.226 e. The van der Waals surface area contributed by atoms with E-state index in [0.29, 0.717) is 43.0 Å². The number of hydrogen-bond acceptors (Lipinski definition) is 7. The predicted octanol–water partition coefficient (Wildman–Crippen LogP) is 5.83. The molecule has 2 atom stereocenters. The van der Waals surface area contributed by atoms with Crippen LogP contribution in [0.2, 0.25) is 5.02 Å². The lowest BCUT2D eigenvalue weighted by atomic mass is 9.96. The van der Waals surface area contributed by atoms with Crippen LogP contribution in [0, 0.1) is 17.2 Å². The van der Waals surface area contributed by atoms with Crippen LogP contribution < -0.4 is 10.1 Å². The molecule has 0 saturated carbocycles. The third-order valence-electron chi connectivity index (χ3n) is 5.54. The number of nitrogens with one attached hydrogen (secondary N) is 1. The zero-order valence-electron chi connectivity index (χ0n) is 18.2. The van der Waals surface area contributed by atoms with E-state index in [4.69, 9.17) is 26.2 Å². The number of nitriles is 1. The average molecular weight is 472 g/mol. The summed E-state index contributed by atoms with van der Waals surface area (Å²) in [7, 11) is 0. The fraction of sp³-hybridized carbons (Fsp3) is 0.435. The molecule has 168 valence electrons. The van der Waals surface area contributed by atoms with Gasteiger partial charge in [-0.15, -0.1) is 11.8 Å². The second-order valence-corrected chi connectivity index (χ2v) is 8.90. The van der Waals surface area contributed by atoms with Crippen molar-refractivity contribution in [1.29, 1.82) is 5.26 Å². The van der Waals surface area contributed by atoms with Crippen molar-refractivity contribution in [2.24, 2.45) is 5.92 Å². The summed E-state index contributed by atoms with van der Waals surface area (Å²) >= 11 is 7.87. The molecule has 9 heteroatoms. The molecule has 1 fully saturated rings. The number of nitrogens with zero attached hydrogens (tertiary/aromatic N) is 4. The molecule has 7 nitrogen and oxygen atoms in total. The quantitative estimate of drug-likeness (QED) is 0.326. The van der Waals surface area contributed by atoms with Crippen LogP contribution in [-0.4, -0.2) is 40.8 Å². The van der Waals surface area contributed by atoms with Gasteiger partial charge in [-0.3, -0.25) is 4.68 Å². The lowest BCUT2D eigenvalue weighted by Gasteiger charge is -2.27. The van der Waals surface area contributed by atoms with Crippen LogP contribution in [0.15, 0.2) is 35.4 Å². The third kappa shape index (κ3) is 4.65. The zero-order chi connectivity index (χ0) is 22.5. The molecule has 0 unspecified atom stereocenters. The van der Waals surface area contributed by atoms with Gasteiger partial charge in [-0.25, -0.2) is 4.98 Å². The summed E-state index contributed by atoms with van der Waals surface area (Å²) in [6.07, 6.45) is 6.38. The van der Waals surface area contributed by atoms with Crippen LogP contribution in [0.4, 0.5) is 11.5 Å². The molecular formula is C23H26ClN5O2S. The Hall–Kier alpha value is -2.47. The van der Waals surface area contributed by atoms with Crippen molar-refractivity contribution in [3.05, 3.63) is 35.5 Å². The highest BCUT2D eigenvalue weighted by Gasteiger charge is 2.31. The molecule has 1 aromatic carbocycles. The summed E-state index contributed by atoms with van der Waals surface area (Å²) in [5.74, 6) is 1.00. The van der Waals surface area contributed by atoms with E-state index in [-0.39, 0.29) is 12.0 Å². The van der Waals surface area contributed by atoms with Gasteiger partial charge in [-0.1, -0.05) is 24.9 Å². The van der Waals surface area contributed by atoms with E-state index in [1.807, 2.05) is 35.2 Å². The molecule has 0 amide bonds. The first-order valence-corrected chi connectivity index (χ1v) is 12.3. The number of hydrogen-bond donors (Lipinski definition) is 1. The van der Waals surface area contributed by atoms with Gasteiger partial charge in [0.05, 0.1) is 41.8 Å². The second kappa shape index (κ2) is 10.4. The molecule has 32 heavy (non-hydrogen) atoms. The van der Waals surface area contributed by atoms with Crippen LogP contribution >= 0.6 is 23.4 Å². The van der Waals surface area contributed by atoms with Crippen molar-refractivity contribution in [3.63, 3.8) is 0 Å². The molecule has 3 heterocycles. The summed E-state index contributed by atoms with van der Waals surface area (Å²) in [4.78, 5) is 5.46. The van der Waals surface area contributed by atoms with Gasteiger partial charge < -0.3 is 14.8 Å². The number of thioether (sulfide) groups is 1. The highest BCUT2D eigenvalue weighted by atomic mass is 35.5. The lowest BCUT2D eigenvalue weighted by Crippen LogP contribution is -2.30. The highest BCUT2D eigenvalue weighted by molar-refractivity contribution is 7.98. The number of aromatic nitrogens is 3. The Morgan fingerprint density at radius 3 is 3.06 bits per heavy atom. The summed E-state index contributed by atoms with van der Waals surface area (Å²) in [5.41, 5.74) is 1.73. The van der Waals surface area contributed by atoms with Gasteiger partial charge >= 0.3 is 0 Å². The SMILES string of the molecule is CCCCOc1nccc2c1c(Nc1ccc(Cl)c(SC)c1)nn2[C@H]1COCC[C@@H]1C#N. The molecule has 2 aromatic heterocycles. The van der Waals surface area contributed by atoms with Crippen LogP contribution in [0.5, 0.6) is 5.88 Å². The van der Waals surface area contributed by atoms with Crippen molar-refractivity contribution in [3.8, 4) is 11.9 Å². The average Bonchev–Trinajstić information content (AvgIpc) is 3.19. The fourth-order valence-corrected chi connectivity index (χ4v) is 4.67. The Kier molecular flexibility index (Phi) is 7.40. The Morgan fingerprint density at radius 2 is 2.28 bits per heavy atom. The van der Waals surface area contributed by atoms with Crippen LogP contribution in [0.25, 0.3) is 10.9 Å². The largest absolute Gasteiger partial charge is 0.477 e. The standard InChI is InChI=1S/C23H26ClN5O2S/c1-3-4-10-31-23-21-18(7-9-26-23)29(19-14-30-11-8-15(19)13-25)28-22(21)27-16-5-6-17(24)20(12-16)32-2/h5-7,9,12,15,19H,3-4,8,10-11,14H2,1-2H3,(H,27,28)/t15-,19+/m1/s1. The third-order valence-corrected chi connectivity index (χ3v) is 6.76. The van der Waals surface area contributed by atoms with E-state index in [1.165, 1.54) is 0 Å². The maximum absolute atomic E-state index is 9.70. The second-order valence-electron chi connectivity index (χ2n) is 7.65. The minimum atomic E-state index is -0.176. The molecule has 1 saturated heterocycles. The molecule has 1 aliphatic rings. The van der Waals surface area contributed by atoms with Gasteiger partial charge in [0.15, 0.2) is 5.82 Å². The number of benzene rings is 1. The molecule has 3 aromatic rings. The van der Waals surface area contributed by atoms with Gasteiger partial charge in [-0.05, 0) is 43.4 Å². The van der Waals surface area contributed by atoms with Gasteiger partial charge in [0, 0.05) is 23.4 Å². The number of ether oxygens (including phenoxy) is 2. The summed E-state index contributed by atoms with van der Waals surface area (Å²) in [6.45, 7) is 3.74. The zero-order valence-corrected chi connectivity index (χ0v) is 19.7. The van der Waals surface area contributed by atoms with E-state index in [1.54, 1.807) is 18.0 Å². The summed E-state index contributed by atoms with van der Waals surface area (Å²) in [5, 5.41) is 19.5. The number of pyridine rings is 1. The van der Waals surface area contributed by atoms with Crippen molar-refractivity contribution >= 4 is 45.8 Å². The number of rotatable bonds is 8. The van der Waals surface area contributed by atoms with Gasteiger partial charge in [-0.2, -0.15) is 10.4 Å². The minimum Gasteiger partial charge on any atom is -0.477 e. The van der Waals surface area contributed by atoms with E-state index in [9.17, 15) is 5.26 Å². The topological polar surface area (TPSA) is 85.0 Å². The van der Waals surface area contributed by atoms with Crippen molar-refractivity contribution in [1.82, 2.24) is 14.8 Å². The smallest absolute Gasteiger partial charge is 0.226 e. The summed E-state index contributed by atoms with van der Waals surface area (Å²) in [6, 6.07) is 9.95. The van der Waals surface area contributed by atoms with E-state index in [0.717, 1.165) is 34.3 Å². The number of fused-ring (bicyclic) bond motifs is 1. The Balaban J connectivity index is 1.80. The van der Waals surface area contributed by atoms with Crippen molar-refractivity contribution < 1.29 is 9.47 Å². The Bertz CT molecular complexity index is 1130. The summed E-state index contributed by atoms with van der Waals surface area (Å²) < 4.78 is 13.6. The van der Waals surface area contributed by atoms with E-state index < -0.39 is 0 Å². The number of unbranched alkanes of at least 4 members (excludes halogenated alkanes) is 1. The van der Waals surface area contributed by atoms with Gasteiger partial charge in [0.25, 0.3) is 0 Å². The fourth-order valence-electron chi connectivity index (χ4n) is 3.81. The molecule has 1 N–H and O–H groups in total. The molecule has 4 rings (SSSR count). The molecule has 0 bridgehead atoms. The first-order chi connectivity index (χ1) is 15.7. The normalized spacial score (nSPS) is 18.4. The number of halogens is 1. The van der Waals surface area contributed by atoms with Gasteiger partial charge in [0.1, 0.15) is 5.39 Å². The minimum absolute atomic E-state index is 0.170. The first kappa shape index (κ1) is 22.7. The monoisotopic (exact) mass is 471 g/mol. The molecule has 1 aliphatic heterocycles. The number of anilines is 2. The van der Waals surface area contributed by atoms with Crippen LogP contribution in [0.3, 0.4) is 0 Å². The Labute approximate surface area is 197 Å². The van der Waals surface area contributed by atoms with Gasteiger partial charge in [0.2, 0.25) is 5.88 Å². The van der Waals surface area contributed by atoms with E-state index in [2.05, 4.69) is 23.3 Å². The van der Waals surface area contributed by atoms with E-state index >= 15 is 0 Å². The van der Waals surface area contributed by atoms with Crippen LogP contribution in [0.1, 0.15) is 32.2 Å². The van der Waals surface area contributed by atoms with Crippen LogP contribution in [-0.2, 0) is 4.74 Å². The van der Waals surface area contributed by atoms with Crippen molar-refractivity contribution in [2.45, 2.75) is 37.1 Å². The van der Waals surface area contributed by atoms with Crippen molar-refractivity contribution in [2.75, 3.05) is 31.4 Å².